The van der Waals surface area contributed by atoms with Crippen LogP contribution in [0.3, 0.4) is 0 Å². The summed E-state index contributed by atoms with van der Waals surface area (Å²) in [4.78, 5) is 17.3. The van der Waals surface area contributed by atoms with E-state index >= 15 is 0 Å². The molecule has 0 saturated carbocycles. The van der Waals surface area contributed by atoms with Gasteiger partial charge in [0.25, 0.3) is 5.56 Å². The number of hydrogen-bond donors (Lipinski definition) is 1. The summed E-state index contributed by atoms with van der Waals surface area (Å²) in [7, 11) is 0. The van der Waals surface area contributed by atoms with Gasteiger partial charge in [-0.1, -0.05) is 33.8 Å². The van der Waals surface area contributed by atoms with Crippen LogP contribution >= 0.6 is 0 Å². The van der Waals surface area contributed by atoms with Crippen LogP contribution in [0.5, 0.6) is 0 Å². The Morgan fingerprint density at radius 2 is 2.00 bits per heavy atom. The average molecular weight is 288 g/mol. The highest BCUT2D eigenvalue weighted by Crippen LogP contribution is 2.22. The molecule has 1 N–H and O–H groups in total. The van der Waals surface area contributed by atoms with E-state index in [0.29, 0.717) is 18.5 Å². The fraction of sp³-hybridized carbons (Fsp3) is 0.529. The van der Waals surface area contributed by atoms with Crippen molar-refractivity contribution in [1.29, 1.82) is 0 Å². The van der Waals surface area contributed by atoms with E-state index in [0.717, 1.165) is 23.2 Å². The van der Waals surface area contributed by atoms with Crippen LogP contribution < -0.4 is 5.56 Å². The van der Waals surface area contributed by atoms with Crippen molar-refractivity contribution in [3.63, 3.8) is 0 Å². The fourth-order valence-electron chi connectivity index (χ4n) is 2.46. The molecule has 4 nitrogen and oxygen atoms in total. The first-order valence-electron chi connectivity index (χ1n) is 7.54. The molecule has 21 heavy (non-hydrogen) atoms. The molecule has 4 heteroatoms. The summed E-state index contributed by atoms with van der Waals surface area (Å²) < 4.78 is 1.65. The van der Waals surface area contributed by atoms with E-state index in [9.17, 15) is 4.79 Å². The van der Waals surface area contributed by atoms with Gasteiger partial charge in [0.2, 0.25) is 0 Å². The minimum atomic E-state index is -0.0116. The Morgan fingerprint density at radius 1 is 1.29 bits per heavy atom. The van der Waals surface area contributed by atoms with Gasteiger partial charge < -0.3 is 5.11 Å². The van der Waals surface area contributed by atoms with Gasteiger partial charge in [0.1, 0.15) is 5.65 Å². The average Bonchev–Trinajstić information content (AvgIpc) is 2.44. The predicted molar refractivity (Wildman–Crippen MR) is 84.9 cm³/mol. The van der Waals surface area contributed by atoms with E-state index in [4.69, 9.17) is 5.11 Å². The minimum absolute atomic E-state index is 0.00333. The third-order valence-corrected chi connectivity index (χ3v) is 3.79. The molecule has 2 rings (SSSR count). The number of rotatable bonds is 4. The molecule has 0 aliphatic rings. The SMILES string of the molecule is CCc1nc2ccc(C(C)(C)C)cn2c(=O)c1CCCO. The maximum Gasteiger partial charge on any atom is 0.261 e. The molecule has 114 valence electrons. The van der Waals surface area contributed by atoms with E-state index in [-0.39, 0.29) is 17.6 Å². The molecule has 0 aliphatic carbocycles. The van der Waals surface area contributed by atoms with Gasteiger partial charge in [0.05, 0.1) is 5.69 Å². The Morgan fingerprint density at radius 3 is 2.57 bits per heavy atom. The van der Waals surface area contributed by atoms with Crippen LogP contribution in [0, 0.1) is 0 Å². The molecule has 0 atom stereocenters. The van der Waals surface area contributed by atoms with Crippen molar-refractivity contribution in [1.82, 2.24) is 9.38 Å². The molecule has 0 amide bonds. The van der Waals surface area contributed by atoms with Crippen molar-refractivity contribution in [3.8, 4) is 0 Å². The number of nitrogens with zero attached hydrogens (tertiary/aromatic N) is 2. The smallest absolute Gasteiger partial charge is 0.261 e. The summed E-state index contributed by atoms with van der Waals surface area (Å²) in [5, 5.41) is 9.02. The van der Waals surface area contributed by atoms with Crippen LogP contribution in [0.25, 0.3) is 5.65 Å². The number of hydrogen-bond acceptors (Lipinski definition) is 3. The minimum Gasteiger partial charge on any atom is -0.396 e. The molecule has 0 unspecified atom stereocenters. The molecule has 0 aromatic carbocycles. The zero-order valence-corrected chi connectivity index (χ0v) is 13.3. The lowest BCUT2D eigenvalue weighted by molar-refractivity contribution is 0.288. The Kier molecular flexibility index (Phi) is 4.47. The Bertz CT molecular complexity index is 696. The van der Waals surface area contributed by atoms with Gasteiger partial charge in [-0.15, -0.1) is 0 Å². The van der Waals surface area contributed by atoms with Gasteiger partial charge in [0.15, 0.2) is 0 Å². The van der Waals surface area contributed by atoms with Gasteiger partial charge in [-0.2, -0.15) is 0 Å². The van der Waals surface area contributed by atoms with Crippen LogP contribution in [0.4, 0.5) is 0 Å². The van der Waals surface area contributed by atoms with Crippen molar-refractivity contribution in [3.05, 3.63) is 45.5 Å². The van der Waals surface area contributed by atoms with Gasteiger partial charge in [-0.05, 0) is 36.3 Å². The third kappa shape index (κ3) is 3.16. The van der Waals surface area contributed by atoms with Crippen LogP contribution in [-0.4, -0.2) is 21.1 Å². The number of pyridine rings is 1. The highest BCUT2D eigenvalue weighted by molar-refractivity contribution is 5.43. The maximum absolute atomic E-state index is 12.7. The Labute approximate surface area is 125 Å². The first kappa shape index (κ1) is 15.7. The molecular formula is C17H24N2O2. The topological polar surface area (TPSA) is 54.6 Å². The zero-order chi connectivity index (χ0) is 15.6. The number of fused-ring (bicyclic) bond motifs is 1. The molecule has 2 aromatic heterocycles. The number of aromatic nitrogens is 2. The molecular weight excluding hydrogens is 264 g/mol. The lowest BCUT2D eigenvalue weighted by atomic mass is 9.88. The van der Waals surface area contributed by atoms with E-state index in [1.165, 1.54) is 0 Å². The first-order chi connectivity index (χ1) is 9.88. The maximum atomic E-state index is 12.7. The van der Waals surface area contributed by atoms with Crippen molar-refractivity contribution in [2.24, 2.45) is 0 Å². The first-order valence-corrected chi connectivity index (χ1v) is 7.54. The second-order valence-electron chi connectivity index (χ2n) is 6.42. The molecule has 0 saturated heterocycles. The Hall–Kier alpha value is -1.68. The summed E-state index contributed by atoms with van der Waals surface area (Å²) in [6, 6.07) is 3.95. The van der Waals surface area contributed by atoms with Gasteiger partial charge in [-0.3, -0.25) is 9.20 Å². The quantitative estimate of drug-likeness (QED) is 0.940. The van der Waals surface area contributed by atoms with Crippen molar-refractivity contribution < 1.29 is 5.11 Å². The highest BCUT2D eigenvalue weighted by atomic mass is 16.2. The van der Waals surface area contributed by atoms with E-state index < -0.39 is 0 Å². The molecule has 0 bridgehead atoms. The van der Waals surface area contributed by atoms with Gasteiger partial charge >= 0.3 is 0 Å². The number of aliphatic hydroxyl groups is 1. The number of aliphatic hydroxyl groups excluding tert-OH is 1. The third-order valence-electron chi connectivity index (χ3n) is 3.79. The normalized spacial score (nSPS) is 12.0. The summed E-state index contributed by atoms with van der Waals surface area (Å²) >= 11 is 0. The predicted octanol–water partition coefficient (Wildman–Crippen LogP) is 2.48. The lowest BCUT2D eigenvalue weighted by Gasteiger charge is -2.20. The van der Waals surface area contributed by atoms with Crippen LogP contribution in [0.2, 0.25) is 0 Å². The van der Waals surface area contributed by atoms with Crippen molar-refractivity contribution >= 4 is 5.65 Å². The summed E-state index contributed by atoms with van der Waals surface area (Å²) in [6.07, 6.45) is 3.79. The molecule has 2 heterocycles. The zero-order valence-electron chi connectivity index (χ0n) is 13.3. The van der Waals surface area contributed by atoms with E-state index in [1.54, 1.807) is 4.40 Å². The second kappa shape index (κ2) is 5.98. The number of aryl methyl sites for hydroxylation is 1. The van der Waals surface area contributed by atoms with E-state index in [1.807, 2.05) is 25.3 Å². The van der Waals surface area contributed by atoms with Gasteiger partial charge in [-0.25, -0.2) is 4.98 Å². The van der Waals surface area contributed by atoms with Gasteiger partial charge in [0, 0.05) is 18.4 Å². The monoisotopic (exact) mass is 288 g/mol. The highest BCUT2D eigenvalue weighted by Gasteiger charge is 2.16. The molecule has 0 spiro atoms. The molecule has 2 aromatic rings. The van der Waals surface area contributed by atoms with Crippen LogP contribution in [-0.2, 0) is 18.3 Å². The summed E-state index contributed by atoms with van der Waals surface area (Å²) in [5.74, 6) is 0. The van der Waals surface area contributed by atoms with E-state index in [2.05, 4.69) is 25.8 Å². The van der Waals surface area contributed by atoms with Crippen molar-refractivity contribution in [2.45, 2.75) is 52.4 Å². The van der Waals surface area contributed by atoms with Crippen molar-refractivity contribution in [2.75, 3.05) is 6.61 Å². The van der Waals surface area contributed by atoms with Crippen LogP contribution in [0.1, 0.15) is 50.9 Å². The fourth-order valence-corrected chi connectivity index (χ4v) is 2.46. The van der Waals surface area contributed by atoms with Crippen LogP contribution in [0.15, 0.2) is 23.1 Å². The standard InChI is InChI=1S/C17H24N2O2/c1-5-14-13(7-6-10-20)16(21)19-11-12(17(2,3)4)8-9-15(19)18-14/h8-9,11,20H,5-7,10H2,1-4H3. The molecule has 0 radical (unpaired) electrons. The molecule has 0 fully saturated rings. The summed E-state index contributed by atoms with van der Waals surface area (Å²) in [5.41, 5.74) is 3.36. The summed E-state index contributed by atoms with van der Waals surface area (Å²) in [6.45, 7) is 8.47. The molecule has 0 aliphatic heterocycles. The Balaban J connectivity index is 2.67. The largest absolute Gasteiger partial charge is 0.396 e. The lowest BCUT2D eigenvalue weighted by Crippen LogP contribution is -2.24. The second-order valence-corrected chi connectivity index (χ2v) is 6.42.